The summed E-state index contributed by atoms with van der Waals surface area (Å²) in [5.74, 6) is -0.679. The van der Waals surface area contributed by atoms with Crippen molar-refractivity contribution in [2.24, 2.45) is 5.73 Å². The molecule has 5 nitrogen and oxygen atoms in total. The zero-order valence-corrected chi connectivity index (χ0v) is 8.83. The van der Waals surface area contributed by atoms with Crippen molar-refractivity contribution in [1.82, 2.24) is 0 Å². The fraction of sp³-hybridized carbons (Fsp3) is 0.778. The van der Waals surface area contributed by atoms with E-state index in [9.17, 15) is 4.79 Å². The lowest BCUT2D eigenvalue weighted by molar-refractivity contribution is -0.146. The highest BCUT2D eigenvalue weighted by atomic mass is 16.6. The number of hydrogen-bond donors (Lipinski definition) is 3. The molecule has 0 amide bonds. The van der Waals surface area contributed by atoms with Crippen LogP contribution in [0.3, 0.4) is 0 Å². The van der Waals surface area contributed by atoms with Gasteiger partial charge in [0.15, 0.2) is 0 Å². The van der Waals surface area contributed by atoms with E-state index >= 15 is 0 Å². The average molecular weight is 202 g/mol. The molecule has 82 valence electrons. The smallest absolute Gasteiger partial charge is 0.352 e. The molecule has 0 aliphatic rings. The standard InChI is InChI=1S/C9H18N2O3/c1-9(2,3)14-8(13)7(11)4-6(10)5-12/h6,11-12H,4-5,10H2,1-3H3. The molecule has 0 rings (SSSR count). The van der Waals surface area contributed by atoms with Gasteiger partial charge in [0.2, 0.25) is 0 Å². The Labute approximate surface area is 83.8 Å². The number of rotatable bonds is 4. The van der Waals surface area contributed by atoms with Gasteiger partial charge in [-0.3, -0.25) is 5.41 Å². The maximum Gasteiger partial charge on any atom is 0.352 e. The summed E-state index contributed by atoms with van der Waals surface area (Å²) in [6, 6.07) is -0.574. The number of hydrogen-bond acceptors (Lipinski definition) is 5. The van der Waals surface area contributed by atoms with Crippen molar-refractivity contribution >= 4 is 11.7 Å². The minimum absolute atomic E-state index is 0.0331. The zero-order valence-electron chi connectivity index (χ0n) is 8.83. The fourth-order valence-corrected chi connectivity index (χ4v) is 0.750. The number of carbonyl (C=O) groups is 1. The molecule has 0 fully saturated rings. The number of ether oxygens (including phenoxy) is 1. The normalized spacial score (nSPS) is 13.5. The Kier molecular flexibility index (Phi) is 4.73. The molecule has 0 aromatic rings. The maximum atomic E-state index is 11.2. The van der Waals surface area contributed by atoms with Crippen molar-refractivity contribution in [3.8, 4) is 0 Å². The first kappa shape index (κ1) is 13.1. The first-order valence-corrected chi connectivity index (χ1v) is 4.43. The molecule has 1 atom stereocenters. The van der Waals surface area contributed by atoms with Gasteiger partial charge in [0, 0.05) is 12.5 Å². The average Bonchev–Trinajstić information content (AvgIpc) is 2.00. The second-order valence-corrected chi connectivity index (χ2v) is 4.13. The largest absolute Gasteiger partial charge is 0.456 e. The van der Waals surface area contributed by atoms with Crippen molar-refractivity contribution in [2.45, 2.75) is 38.8 Å². The highest BCUT2D eigenvalue weighted by Crippen LogP contribution is 2.08. The van der Waals surface area contributed by atoms with Crippen LogP contribution in [-0.4, -0.2) is 35.0 Å². The molecule has 0 aliphatic carbocycles. The molecule has 0 spiro atoms. The Hall–Kier alpha value is -0.940. The van der Waals surface area contributed by atoms with Crippen LogP contribution in [0, 0.1) is 5.41 Å². The molecule has 0 aromatic heterocycles. The van der Waals surface area contributed by atoms with Crippen LogP contribution in [0.5, 0.6) is 0 Å². The lowest BCUT2D eigenvalue weighted by atomic mass is 10.1. The molecule has 0 aliphatic heterocycles. The number of carbonyl (C=O) groups excluding carboxylic acids is 1. The fourth-order valence-electron chi connectivity index (χ4n) is 0.750. The number of aliphatic hydroxyl groups excluding tert-OH is 1. The van der Waals surface area contributed by atoms with Crippen LogP contribution in [-0.2, 0) is 9.53 Å². The van der Waals surface area contributed by atoms with Gasteiger partial charge in [-0.05, 0) is 20.8 Å². The monoisotopic (exact) mass is 202 g/mol. The summed E-state index contributed by atoms with van der Waals surface area (Å²) >= 11 is 0. The van der Waals surface area contributed by atoms with Gasteiger partial charge in [-0.1, -0.05) is 0 Å². The predicted molar refractivity (Wildman–Crippen MR) is 53.2 cm³/mol. The summed E-state index contributed by atoms with van der Waals surface area (Å²) in [7, 11) is 0. The van der Waals surface area contributed by atoms with Gasteiger partial charge in [0.05, 0.1) is 6.61 Å². The molecule has 5 heteroatoms. The highest BCUT2D eigenvalue weighted by Gasteiger charge is 2.21. The van der Waals surface area contributed by atoms with Crippen LogP contribution in [0.15, 0.2) is 0 Å². The van der Waals surface area contributed by atoms with Crippen LogP contribution in [0.25, 0.3) is 0 Å². The van der Waals surface area contributed by atoms with Gasteiger partial charge in [-0.2, -0.15) is 0 Å². The van der Waals surface area contributed by atoms with Crippen LogP contribution < -0.4 is 5.73 Å². The van der Waals surface area contributed by atoms with E-state index in [1.54, 1.807) is 20.8 Å². The van der Waals surface area contributed by atoms with Crippen LogP contribution >= 0.6 is 0 Å². The molecular weight excluding hydrogens is 184 g/mol. The van der Waals surface area contributed by atoms with Gasteiger partial charge < -0.3 is 15.6 Å². The van der Waals surface area contributed by atoms with Crippen molar-refractivity contribution in [3.05, 3.63) is 0 Å². The maximum absolute atomic E-state index is 11.2. The molecule has 0 bridgehead atoms. The summed E-state index contributed by atoms with van der Waals surface area (Å²) < 4.78 is 4.94. The summed E-state index contributed by atoms with van der Waals surface area (Å²) in [5.41, 5.74) is 4.57. The van der Waals surface area contributed by atoms with E-state index in [0.717, 1.165) is 0 Å². The molecule has 0 saturated carbocycles. The number of nitrogens with two attached hydrogens (primary N) is 1. The van der Waals surface area contributed by atoms with E-state index in [2.05, 4.69) is 0 Å². The molecule has 0 aromatic carbocycles. The third kappa shape index (κ3) is 5.66. The number of esters is 1. The summed E-state index contributed by atoms with van der Waals surface area (Å²) in [5, 5.41) is 16.0. The van der Waals surface area contributed by atoms with Crippen molar-refractivity contribution < 1.29 is 14.6 Å². The Morgan fingerprint density at radius 3 is 2.43 bits per heavy atom. The van der Waals surface area contributed by atoms with E-state index in [-0.39, 0.29) is 18.7 Å². The molecule has 0 saturated heterocycles. The minimum Gasteiger partial charge on any atom is -0.456 e. The quantitative estimate of drug-likeness (QED) is 0.443. The second kappa shape index (κ2) is 5.07. The van der Waals surface area contributed by atoms with Crippen molar-refractivity contribution in [3.63, 3.8) is 0 Å². The van der Waals surface area contributed by atoms with Crippen molar-refractivity contribution in [1.29, 1.82) is 5.41 Å². The van der Waals surface area contributed by atoms with E-state index in [4.69, 9.17) is 21.0 Å². The highest BCUT2D eigenvalue weighted by molar-refractivity contribution is 6.35. The molecule has 14 heavy (non-hydrogen) atoms. The van der Waals surface area contributed by atoms with Gasteiger partial charge in [-0.15, -0.1) is 0 Å². The summed E-state index contributed by atoms with van der Waals surface area (Å²) in [6.45, 7) is 4.93. The van der Waals surface area contributed by atoms with Crippen LogP contribution in [0.4, 0.5) is 0 Å². The first-order valence-electron chi connectivity index (χ1n) is 4.43. The van der Waals surface area contributed by atoms with E-state index in [1.807, 2.05) is 0 Å². The van der Waals surface area contributed by atoms with Crippen LogP contribution in [0.1, 0.15) is 27.2 Å². The third-order valence-corrected chi connectivity index (χ3v) is 1.35. The molecular formula is C9H18N2O3. The summed E-state index contributed by atoms with van der Waals surface area (Å²) in [6.07, 6.45) is 0.0331. The number of nitrogens with one attached hydrogen (secondary N) is 1. The third-order valence-electron chi connectivity index (χ3n) is 1.35. The lowest BCUT2D eigenvalue weighted by Gasteiger charge is -2.20. The second-order valence-electron chi connectivity index (χ2n) is 4.13. The Morgan fingerprint density at radius 1 is 1.57 bits per heavy atom. The Morgan fingerprint density at radius 2 is 2.07 bits per heavy atom. The first-order chi connectivity index (χ1) is 6.26. The van der Waals surface area contributed by atoms with Gasteiger partial charge in [-0.25, -0.2) is 4.79 Å². The molecule has 4 N–H and O–H groups in total. The van der Waals surface area contributed by atoms with Gasteiger partial charge in [0.1, 0.15) is 11.3 Å². The Balaban J connectivity index is 4.08. The lowest BCUT2D eigenvalue weighted by Crippen LogP contribution is -2.34. The van der Waals surface area contributed by atoms with E-state index in [0.29, 0.717) is 0 Å². The SMILES string of the molecule is CC(C)(C)OC(=O)C(=N)CC(N)CO. The van der Waals surface area contributed by atoms with E-state index in [1.165, 1.54) is 0 Å². The predicted octanol–water partition coefficient (Wildman–Crippen LogP) is 0.0576. The minimum atomic E-state index is -0.679. The molecule has 0 heterocycles. The number of aliphatic hydroxyl groups is 1. The van der Waals surface area contributed by atoms with Crippen LogP contribution in [0.2, 0.25) is 0 Å². The van der Waals surface area contributed by atoms with Gasteiger partial charge in [0.25, 0.3) is 0 Å². The molecule has 0 radical (unpaired) electrons. The van der Waals surface area contributed by atoms with Crippen molar-refractivity contribution in [2.75, 3.05) is 6.61 Å². The summed E-state index contributed by atoms with van der Waals surface area (Å²) in [4.78, 5) is 11.2. The van der Waals surface area contributed by atoms with E-state index < -0.39 is 17.6 Å². The Bertz CT molecular complexity index is 221. The zero-order chi connectivity index (χ0) is 11.4. The topological polar surface area (TPSA) is 96.4 Å². The molecule has 1 unspecified atom stereocenters. The van der Waals surface area contributed by atoms with Gasteiger partial charge >= 0.3 is 5.97 Å².